The standard InChI is InChI=1S/C37H45N2O4/c1-3-7-11-24-40-31-20-18-30-19-21-35-36(32(30)28-31)38-22-23-39(29-38)37-33(41-25-12-8-4-1)16-15-17-34(37)42-26-13-9-5-2-6-10-14-27-43-35/h1-3,6,15-21,28-29H,4-5,7-14,22-27H2/q+1/b3-1+,6-2+. The molecule has 3 aliphatic heterocycles. The topological polar surface area (TPSA) is 43.2 Å². The van der Waals surface area contributed by atoms with E-state index < -0.39 is 0 Å². The van der Waals surface area contributed by atoms with Gasteiger partial charge in [-0.05, 0) is 99.9 Å². The Bertz CT molecular complexity index is 1460. The van der Waals surface area contributed by atoms with Gasteiger partial charge in [-0.25, -0.2) is 9.48 Å². The van der Waals surface area contributed by atoms with Crippen molar-refractivity contribution < 1.29 is 23.5 Å². The fourth-order valence-electron chi connectivity index (χ4n) is 5.96. The van der Waals surface area contributed by atoms with E-state index in [1.165, 1.54) is 5.39 Å². The maximum Gasteiger partial charge on any atom is 0.245 e. The van der Waals surface area contributed by atoms with E-state index in [1.54, 1.807) is 0 Å². The monoisotopic (exact) mass is 581 g/mol. The molecule has 226 valence electrons. The minimum Gasteiger partial charge on any atom is -0.494 e. The summed E-state index contributed by atoms with van der Waals surface area (Å²) in [5.41, 5.74) is 2.09. The summed E-state index contributed by atoms with van der Waals surface area (Å²) in [4.78, 5) is 2.29. The Morgan fingerprint density at radius 3 is 1.91 bits per heavy atom. The lowest BCUT2D eigenvalue weighted by atomic mass is 10.1. The predicted octanol–water partition coefficient (Wildman–Crippen LogP) is 8.59. The van der Waals surface area contributed by atoms with Crippen LogP contribution in [0.25, 0.3) is 10.8 Å². The van der Waals surface area contributed by atoms with Crippen molar-refractivity contribution in [2.24, 2.45) is 0 Å². The van der Waals surface area contributed by atoms with Crippen LogP contribution in [0.4, 0.5) is 11.4 Å². The molecule has 0 atom stereocenters. The molecule has 0 amide bonds. The molecule has 3 aliphatic rings. The van der Waals surface area contributed by atoms with Crippen LogP contribution in [0.2, 0.25) is 0 Å². The molecule has 0 aliphatic carbocycles. The molecule has 3 aromatic rings. The van der Waals surface area contributed by atoms with Gasteiger partial charge < -0.3 is 18.9 Å². The molecule has 6 nitrogen and oxygen atoms in total. The lowest BCUT2D eigenvalue weighted by Crippen LogP contribution is -2.20. The second-order valence-electron chi connectivity index (χ2n) is 11.5. The zero-order valence-electron chi connectivity index (χ0n) is 25.3. The first-order valence-corrected chi connectivity index (χ1v) is 16.3. The second-order valence-corrected chi connectivity index (χ2v) is 11.5. The number of nitrogens with zero attached hydrogens (tertiary/aromatic N) is 2. The fourth-order valence-corrected chi connectivity index (χ4v) is 5.96. The molecule has 6 bridgehead atoms. The first kappa shape index (κ1) is 29.2. The Morgan fingerprint density at radius 1 is 0.581 bits per heavy atom. The van der Waals surface area contributed by atoms with E-state index in [9.17, 15) is 0 Å². The van der Waals surface area contributed by atoms with Crippen molar-refractivity contribution in [1.29, 1.82) is 0 Å². The van der Waals surface area contributed by atoms with Gasteiger partial charge in [-0.15, -0.1) is 0 Å². The van der Waals surface area contributed by atoms with Crippen LogP contribution in [-0.4, -0.2) is 50.4 Å². The van der Waals surface area contributed by atoms with Gasteiger partial charge in [0.1, 0.15) is 18.8 Å². The number of rotatable bonds is 0. The van der Waals surface area contributed by atoms with Crippen molar-refractivity contribution in [2.45, 2.75) is 64.2 Å². The van der Waals surface area contributed by atoms with Crippen molar-refractivity contribution in [1.82, 2.24) is 0 Å². The molecule has 0 fully saturated rings. The van der Waals surface area contributed by atoms with Crippen LogP contribution in [0, 0.1) is 0 Å². The second kappa shape index (κ2) is 15.0. The third-order valence-electron chi connectivity index (χ3n) is 8.26. The van der Waals surface area contributed by atoms with E-state index in [2.05, 4.69) is 88.6 Å². The highest BCUT2D eigenvalue weighted by molar-refractivity contribution is 5.96. The van der Waals surface area contributed by atoms with Crippen molar-refractivity contribution in [2.75, 3.05) is 44.4 Å². The molecule has 6 rings (SSSR count). The van der Waals surface area contributed by atoms with Crippen molar-refractivity contribution >= 4 is 28.5 Å². The highest BCUT2D eigenvalue weighted by Gasteiger charge is 2.31. The van der Waals surface area contributed by atoms with Crippen LogP contribution in [-0.2, 0) is 0 Å². The number of hydrogen-bond donors (Lipinski definition) is 0. The number of para-hydroxylation sites is 1. The summed E-state index contributed by atoms with van der Waals surface area (Å²) in [6.45, 7) is 4.40. The normalized spacial score (nSPS) is 20.3. The van der Waals surface area contributed by atoms with E-state index in [4.69, 9.17) is 18.9 Å². The summed E-state index contributed by atoms with van der Waals surface area (Å²) in [5, 5.41) is 2.31. The number of hydrogen-bond acceptors (Lipinski definition) is 5. The molecule has 0 N–H and O–H groups in total. The average Bonchev–Trinajstić information content (AvgIpc) is 3.50. The summed E-state index contributed by atoms with van der Waals surface area (Å²) < 4.78 is 28.0. The molecule has 0 saturated carbocycles. The summed E-state index contributed by atoms with van der Waals surface area (Å²) in [7, 11) is 0. The van der Waals surface area contributed by atoms with Gasteiger partial charge in [0.25, 0.3) is 0 Å². The van der Waals surface area contributed by atoms with Crippen molar-refractivity contribution in [3.63, 3.8) is 0 Å². The lowest BCUT2D eigenvalue weighted by Gasteiger charge is -2.18. The van der Waals surface area contributed by atoms with Crippen LogP contribution in [0.3, 0.4) is 0 Å². The van der Waals surface area contributed by atoms with Gasteiger partial charge in [-0.1, -0.05) is 42.5 Å². The van der Waals surface area contributed by atoms with Crippen molar-refractivity contribution in [3.8, 4) is 23.0 Å². The summed E-state index contributed by atoms with van der Waals surface area (Å²) in [6, 6.07) is 16.9. The summed E-state index contributed by atoms with van der Waals surface area (Å²) >= 11 is 0. The van der Waals surface area contributed by atoms with Crippen molar-refractivity contribution in [3.05, 3.63) is 72.8 Å². The summed E-state index contributed by atoms with van der Waals surface area (Å²) in [6.07, 6.45) is 21.8. The lowest BCUT2D eigenvalue weighted by molar-refractivity contribution is -0.423. The molecule has 0 saturated heterocycles. The van der Waals surface area contributed by atoms with Gasteiger partial charge in [-0.2, -0.15) is 0 Å². The zero-order chi connectivity index (χ0) is 29.1. The van der Waals surface area contributed by atoms with E-state index >= 15 is 0 Å². The van der Waals surface area contributed by atoms with Gasteiger partial charge in [0.05, 0.1) is 26.4 Å². The molecule has 43 heavy (non-hydrogen) atoms. The fraction of sp³-hybridized carbons (Fsp3) is 0.432. The van der Waals surface area contributed by atoms with Gasteiger partial charge in [0.15, 0.2) is 22.9 Å². The molecule has 3 aromatic carbocycles. The van der Waals surface area contributed by atoms with Gasteiger partial charge in [-0.3, -0.25) is 0 Å². The molecule has 0 aromatic heterocycles. The average molecular weight is 582 g/mol. The van der Waals surface area contributed by atoms with Crippen LogP contribution in [0.5, 0.6) is 23.0 Å². The Balaban J connectivity index is 1.44. The van der Waals surface area contributed by atoms with E-state index in [1.807, 2.05) is 0 Å². The third-order valence-corrected chi connectivity index (χ3v) is 8.26. The number of ether oxygens (including phenoxy) is 4. The van der Waals surface area contributed by atoms with Crippen LogP contribution in [0.15, 0.2) is 72.8 Å². The Kier molecular flexibility index (Phi) is 10.2. The highest BCUT2D eigenvalue weighted by Crippen LogP contribution is 2.42. The molecular formula is C37H45N2O4+. The minimum absolute atomic E-state index is 0.679. The highest BCUT2D eigenvalue weighted by atomic mass is 16.5. The van der Waals surface area contributed by atoms with Gasteiger partial charge in [0, 0.05) is 5.39 Å². The first-order valence-electron chi connectivity index (χ1n) is 16.3. The van der Waals surface area contributed by atoms with Crippen LogP contribution < -0.4 is 23.8 Å². The van der Waals surface area contributed by atoms with E-state index in [-0.39, 0.29) is 0 Å². The number of anilines is 1. The SMILES string of the molecule is C1=[N+]2CCN1c1c3cccc1OCCCC/C=C/CCCOc1ccc4ccc(cc4c12)OCCC/C=C/CCCCO3. The maximum atomic E-state index is 6.50. The minimum atomic E-state index is 0.679. The molecular weight excluding hydrogens is 536 g/mol. The number of benzene rings is 3. The number of fused-ring (bicyclic) bond motifs is 1. The predicted molar refractivity (Wildman–Crippen MR) is 175 cm³/mol. The number of allylic oxidation sites excluding steroid dienone is 4. The largest absolute Gasteiger partial charge is 0.494 e. The molecule has 6 heteroatoms. The molecule has 3 heterocycles. The first-order chi connectivity index (χ1) is 21.4. The Hall–Kier alpha value is -3.93. The molecule has 0 radical (unpaired) electrons. The molecule has 0 unspecified atom stereocenters. The maximum absolute atomic E-state index is 6.50. The van der Waals surface area contributed by atoms with Gasteiger partial charge in [0.2, 0.25) is 12.0 Å². The quantitative estimate of drug-likeness (QED) is 0.197. The zero-order valence-corrected chi connectivity index (χ0v) is 25.3. The van der Waals surface area contributed by atoms with E-state index in [0.29, 0.717) is 26.4 Å². The van der Waals surface area contributed by atoms with Gasteiger partial charge >= 0.3 is 0 Å². The Labute approximate surface area is 256 Å². The third kappa shape index (κ3) is 7.54. The smallest absolute Gasteiger partial charge is 0.245 e. The van der Waals surface area contributed by atoms with Crippen LogP contribution >= 0.6 is 0 Å². The Morgan fingerprint density at radius 2 is 1.19 bits per heavy atom. The molecule has 0 spiro atoms. The van der Waals surface area contributed by atoms with Crippen LogP contribution in [0.1, 0.15) is 64.2 Å². The van der Waals surface area contributed by atoms with E-state index in [0.717, 1.165) is 117 Å². The summed E-state index contributed by atoms with van der Waals surface area (Å²) in [5.74, 6) is 3.56.